The van der Waals surface area contributed by atoms with Crippen molar-refractivity contribution in [3.05, 3.63) is 94.1 Å². The highest BCUT2D eigenvalue weighted by Gasteiger charge is 2.30. The molecule has 0 radical (unpaired) electrons. The molecule has 3 rings (SSSR count). The van der Waals surface area contributed by atoms with E-state index in [1.165, 1.54) is 36.4 Å². The predicted octanol–water partition coefficient (Wildman–Crippen LogP) is 4.02. The molecule has 0 atom stereocenters. The van der Waals surface area contributed by atoms with E-state index in [1.54, 1.807) is 24.3 Å². The fourth-order valence-electron chi connectivity index (χ4n) is 2.80. The lowest BCUT2D eigenvalue weighted by atomic mass is 10.0. The lowest BCUT2D eigenvalue weighted by Gasteiger charge is -2.18. The highest BCUT2D eigenvalue weighted by atomic mass is 32.2. The van der Waals surface area contributed by atoms with Crippen molar-refractivity contribution in [1.29, 1.82) is 15.8 Å². The van der Waals surface area contributed by atoms with Crippen LogP contribution >= 0.6 is 0 Å². The molecule has 0 fully saturated rings. The molecule has 1 heterocycles. The van der Waals surface area contributed by atoms with Gasteiger partial charge < -0.3 is 0 Å². The van der Waals surface area contributed by atoms with E-state index in [4.69, 9.17) is 5.26 Å². The number of aryl methyl sites for hydroxylation is 1. The normalized spacial score (nSPS) is 14.7. The second-order valence-corrected chi connectivity index (χ2v) is 8.02. The van der Waals surface area contributed by atoms with Crippen LogP contribution in [0.4, 0.5) is 0 Å². The van der Waals surface area contributed by atoms with Crippen molar-refractivity contribution in [3.8, 4) is 18.2 Å². The van der Waals surface area contributed by atoms with Crippen LogP contribution in [-0.4, -0.2) is 8.42 Å². The molecule has 6 heteroatoms. The molecule has 0 saturated heterocycles. The standard InChI is InChI=1S/C22H13N3O2S/c1-15-2-6-17(7-3-15)21-10-19(20(13-24)14-25)11-22(28(21,26)27)18-8-4-16(12-23)5-9-18/h2-11H,1H3. The third kappa shape index (κ3) is 3.35. The molecular weight excluding hydrogens is 370 g/mol. The van der Waals surface area contributed by atoms with Gasteiger partial charge >= 0.3 is 0 Å². The van der Waals surface area contributed by atoms with E-state index >= 15 is 0 Å². The van der Waals surface area contributed by atoms with E-state index < -0.39 is 9.84 Å². The molecule has 0 bridgehead atoms. The number of allylic oxidation sites excluding steroid dienone is 4. The summed E-state index contributed by atoms with van der Waals surface area (Å²) in [6.45, 7) is 1.89. The number of sulfone groups is 1. The van der Waals surface area contributed by atoms with Crippen LogP contribution < -0.4 is 0 Å². The molecule has 0 saturated carbocycles. The van der Waals surface area contributed by atoms with Crippen molar-refractivity contribution in [2.24, 2.45) is 0 Å². The summed E-state index contributed by atoms with van der Waals surface area (Å²) in [5.41, 5.74) is 2.28. The van der Waals surface area contributed by atoms with Crippen molar-refractivity contribution in [3.63, 3.8) is 0 Å². The zero-order valence-corrected chi connectivity index (χ0v) is 15.7. The number of hydrogen-bond donors (Lipinski definition) is 0. The maximum Gasteiger partial charge on any atom is 0.207 e. The minimum absolute atomic E-state index is 0.0203. The Balaban J connectivity index is 2.29. The quantitative estimate of drug-likeness (QED) is 0.728. The van der Waals surface area contributed by atoms with Crippen LogP contribution in [0.15, 0.2) is 71.8 Å². The topological polar surface area (TPSA) is 106 Å². The lowest BCUT2D eigenvalue weighted by Crippen LogP contribution is -2.11. The van der Waals surface area contributed by atoms with Crippen molar-refractivity contribution < 1.29 is 8.42 Å². The average Bonchev–Trinajstić information content (AvgIpc) is 2.70. The highest BCUT2D eigenvalue weighted by molar-refractivity contribution is 8.09. The van der Waals surface area contributed by atoms with E-state index in [2.05, 4.69) is 0 Å². The summed E-state index contributed by atoms with van der Waals surface area (Å²) in [6, 6.07) is 18.7. The SMILES string of the molecule is Cc1ccc(C2=CC(=C(C#N)C#N)C=C(c3ccc(C#N)cc3)S2(=O)=O)cc1. The van der Waals surface area contributed by atoms with Crippen molar-refractivity contribution in [2.45, 2.75) is 6.92 Å². The number of benzene rings is 2. The zero-order chi connectivity index (χ0) is 20.3. The molecule has 2 aromatic rings. The van der Waals surface area contributed by atoms with E-state index in [0.29, 0.717) is 16.7 Å². The largest absolute Gasteiger partial charge is 0.218 e. The number of rotatable bonds is 2. The fourth-order valence-corrected chi connectivity index (χ4v) is 4.49. The second kappa shape index (κ2) is 7.37. The zero-order valence-electron chi connectivity index (χ0n) is 14.8. The minimum Gasteiger partial charge on any atom is -0.218 e. The van der Waals surface area contributed by atoms with Crippen LogP contribution in [-0.2, 0) is 9.84 Å². The first-order valence-electron chi connectivity index (χ1n) is 8.21. The Labute approximate surface area is 163 Å². The first-order chi connectivity index (χ1) is 13.4. The summed E-state index contributed by atoms with van der Waals surface area (Å²) in [6.07, 6.45) is 2.69. The van der Waals surface area contributed by atoms with Gasteiger partial charge in [0.2, 0.25) is 9.84 Å². The van der Waals surface area contributed by atoms with Gasteiger partial charge in [0.15, 0.2) is 0 Å². The molecule has 134 valence electrons. The third-order valence-corrected chi connectivity index (χ3v) is 6.16. The second-order valence-electron chi connectivity index (χ2n) is 6.13. The Morgan fingerprint density at radius 1 is 0.786 bits per heavy atom. The Morgan fingerprint density at radius 3 is 1.68 bits per heavy atom. The van der Waals surface area contributed by atoms with Crippen molar-refractivity contribution >= 4 is 19.6 Å². The Bertz CT molecular complexity index is 1260. The summed E-state index contributed by atoms with van der Waals surface area (Å²) < 4.78 is 26.6. The first-order valence-corrected chi connectivity index (χ1v) is 9.69. The van der Waals surface area contributed by atoms with Crippen LogP contribution in [0.5, 0.6) is 0 Å². The molecule has 0 aliphatic carbocycles. The van der Waals surface area contributed by atoms with Gasteiger partial charge in [0.25, 0.3) is 0 Å². The molecule has 1 aliphatic heterocycles. The van der Waals surface area contributed by atoms with Gasteiger partial charge in [0.05, 0.1) is 21.4 Å². The maximum absolute atomic E-state index is 13.3. The number of nitriles is 3. The molecule has 5 nitrogen and oxygen atoms in total. The summed E-state index contributed by atoms with van der Waals surface area (Å²) >= 11 is 0. The van der Waals surface area contributed by atoms with Gasteiger partial charge in [-0.1, -0.05) is 42.0 Å². The van der Waals surface area contributed by atoms with Crippen LogP contribution in [0, 0.1) is 40.9 Å². The van der Waals surface area contributed by atoms with Crippen molar-refractivity contribution in [1.82, 2.24) is 0 Å². The Morgan fingerprint density at radius 2 is 1.25 bits per heavy atom. The highest BCUT2D eigenvalue weighted by Crippen LogP contribution is 2.39. The third-order valence-electron chi connectivity index (χ3n) is 4.30. The van der Waals surface area contributed by atoms with Gasteiger partial charge in [0.1, 0.15) is 17.7 Å². The van der Waals surface area contributed by atoms with Gasteiger partial charge in [-0.2, -0.15) is 15.8 Å². The van der Waals surface area contributed by atoms with E-state index in [9.17, 15) is 18.9 Å². The van der Waals surface area contributed by atoms with Gasteiger partial charge in [-0.15, -0.1) is 0 Å². The summed E-state index contributed by atoms with van der Waals surface area (Å²) in [5.74, 6) is 0. The molecular formula is C22H13N3O2S. The Kier molecular flexibility index (Phi) is 4.96. The van der Waals surface area contributed by atoms with Gasteiger partial charge in [-0.25, -0.2) is 8.42 Å². The van der Waals surface area contributed by atoms with Gasteiger partial charge in [0, 0.05) is 5.57 Å². The van der Waals surface area contributed by atoms with E-state index in [-0.39, 0.29) is 21.0 Å². The molecule has 2 aromatic carbocycles. The molecule has 0 N–H and O–H groups in total. The van der Waals surface area contributed by atoms with E-state index in [1.807, 2.05) is 25.1 Å². The number of nitrogens with zero attached hydrogens (tertiary/aromatic N) is 3. The van der Waals surface area contributed by atoms with E-state index in [0.717, 1.165) is 5.56 Å². The van der Waals surface area contributed by atoms with Crippen LogP contribution in [0.1, 0.15) is 22.3 Å². The number of hydrogen-bond acceptors (Lipinski definition) is 5. The lowest BCUT2D eigenvalue weighted by molar-refractivity contribution is 0.614. The first kappa shape index (κ1) is 18.9. The molecule has 1 aliphatic rings. The molecule has 28 heavy (non-hydrogen) atoms. The average molecular weight is 383 g/mol. The predicted molar refractivity (Wildman–Crippen MR) is 105 cm³/mol. The van der Waals surface area contributed by atoms with Gasteiger partial charge in [-0.3, -0.25) is 0 Å². The smallest absolute Gasteiger partial charge is 0.207 e. The van der Waals surface area contributed by atoms with Crippen molar-refractivity contribution in [2.75, 3.05) is 0 Å². The summed E-state index contributed by atoms with van der Waals surface area (Å²) in [4.78, 5) is 0.000393. The summed E-state index contributed by atoms with van der Waals surface area (Å²) in [5, 5.41) is 27.5. The fraction of sp³-hybridized carbons (Fsp3) is 0.0455. The van der Waals surface area contributed by atoms with Crippen LogP contribution in [0.2, 0.25) is 0 Å². The monoisotopic (exact) mass is 383 g/mol. The van der Waals surface area contributed by atoms with Crippen LogP contribution in [0.3, 0.4) is 0 Å². The molecule has 0 unspecified atom stereocenters. The Hall–Kier alpha value is -3.92. The molecule has 0 spiro atoms. The van der Waals surface area contributed by atoms with Gasteiger partial charge in [-0.05, 0) is 42.3 Å². The molecule has 0 amide bonds. The maximum atomic E-state index is 13.3. The summed E-state index contributed by atoms with van der Waals surface area (Å²) in [7, 11) is -3.90. The molecule has 0 aromatic heterocycles. The minimum atomic E-state index is -3.90. The van der Waals surface area contributed by atoms with Crippen LogP contribution in [0.25, 0.3) is 9.81 Å².